The number of hydrogen-bond acceptors (Lipinski definition) is 4. The summed E-state index contributed by atoms with van der Waals surface area (Å²) < 4.78 is 24.4. The number of benzene rings is 3. The van der Waals surface area contributed by atoms with Crippen LogP contribution in [-0.2, 0) is 16.3 Å². The molecule has 3 aromatic carbocycles. The van der Waals surface area contributed by atoms with Crippen LogP contribution in [0, 0.1) is 0 Å². The number of nitrogens with one attached hydrogen (secondary N) is 1. The lowest BCUT2D eigenvalue weighted by Gasteiger charge is -2.14. The summed E-state index contributed by atoms with van der Waals surface area (Å²) in [6, 6.07) is 23.0. The fourth-order valence-corrected chi connectivity index (χ4v) is 4.53. The average molecular weight is 491 g/mol. The minimum Gasteiger partial charge on any atom is -0.322 e. The lowest BCUT2D eigenvalue weighted by molar-refractivity contribution is 0.102. The van der Waals surface area contributed by atoms with Gasteiger partial charge < -0.3 is 5.32 Å². The predicted molar refractivity (Wildman–Crippen MR) is 137 cm³/mol. The third kappa shape index (κ3) is 5.19. The highest BCUT2D eigenvalue weighted by atomic mass is 35.5. The van der Waals surface area contributed by atoms with Gasteiger partial charge in [-0.05, 0) is 71.6 Å². The molecule has 1 amide bonds. The molecule has 1 heterocycles. The minimum absolute atomic E-state index is 0.157. The molecular weight excluding hydrogens is 468 g/mol. The molecule has 4 rings (SSSR count). The molecule has 0 saturated carbocycles. The molecular formula is C27H23ClN2O3S. The van der Waals surface area contributed by atoms with Crippen LogP contribution in [0.3, 0.4) is 0 Å². The number of nitrogens with zero attached hydrogens (tertiary/aromatic N) is 1. The van der Waals surface area contributed by atoms with Crippen LogP contribution in [0.2, 0.25) is 5.02 Å². The molecule has 0 unspecified atom stereocenters. The number of hydrogen-bond donors (Lipinski definition) is 1. The number of carbonyl (C=O) groups excluding carboxylic acids is 1. The van der Waals surface area contributed by atoms with Crippen LogP contribution >= 0.6 is 11.6 Å². The second-order valence-electron chi connectivity index (χ2n) is 7.90. The fourth-order valence-electron chi connectivity index (χ4n) is 3.67. The lowest BCUT2D eigenvalue weighted by Crippen LogP contribution is -2.14. The number of halogens is 1. The monoisotopic (exact) mass is 490 g/mol. The van der Waals surface area contributed by atoms with Crippen molar-refractivity contribution >= 4 is 33.0 Å². The van der Waals surface area contributed by atoms with Crippen molar-refractivity contribution in [3.05, 3.63) is 101 Å². The Hall–Kier alpha value is -3.48. The first-order chi connectivity index (χ1) is 16.3. The van der Waals surface area contributed by atoms with Crippen LogP contribution in [0.5, 0.6) is 0 Å². The summed E-state index contributed by atoms with van der Waals surface area (Å²) in [5.41, 5.74) is 4.73. The van der Waals surface area contributed by atoms with Crippen molar-refractivity contribution in [2.24, 2.45) is 0 Å². The summed E-state index contributed by atoms with van der Waals surface area (Å²) >= 11 is 6.37. The molecule has 1 N–H and O–H groups in total. The van der Waals surface area contributed by atoms with Gasteiger partial charge in [-0.3, -0.25) is 9.78 Å². The number of rotatable bonds is 6. The van der Waals surface area contributed by atoms with Gasteiger partial charge in [0.2, 0.25) is 0 Å². The fraction of sp³-hybridized carbons (Fsp3) is 0.111. The Morgan fingerprint density at radius 2 is 1.76 bits per heavy atom. The van der Waals surface area contributed by atoms with Crippen molar-refractivity contribution in [2.45, 2.75) is 18.2 Å². The van der Waals surface area contributed by atoms with Gasteiger partial charge in [0, 0.05) is 29.3 Å². The van der Waals surface area contributed by atoms with Crippen molar-refractivity contribution in [3.63, 3.8) is 0 Å². The molecule has 1 aromatic heterocycles. The Bertz CT molecular complexity index is 1470. The van der Waals surface area contributed by atoms with Gasteiger partial charge in [-0.1, -0.05) is 48.9 Å². The highest BCUT2D eigenvalue weighted by Crippen LogP contribution is 2.31. The van der Waals surface area contributed by atoms with E-state index in [1.165, 1.54) is 6.07 Å². The average Bonchev–Trinajstić information content (AvgIpc) is 2.84. The molecule has 0 aliphatic rings. The van der Waals surface area contributed by atoms with E-state index in [9.17, 15) is 13.2 Å². The number of aryl methyl sites for hydroxylation is 1. The molecule has 0 bridgehead atoms. The second-order valence-corrected chi connectivity index (χ2v) is 10.3. The van der Waals surface area contributed by atoms with Gasteiger partial charge in [-0.15, -0.1) is 0 Å². The minimum atomic E-state index is -3.44. The standard InChI is InChI=1S/C27H23ClN2O3S/c1-3-18-7-6-8-19(15-18)23-17-21(34(2,32)33)11-12-22(23)27(31)30-20-10-13-25(28)24(16-20)26-9-4-5-14-29-26/h4-17H,3H2,1-2H3,(H,30,31). The van der Waals surface area contributed by atoms with Crippen LogP contribution < -0.4 is 5.32 Å². The van der Waals surface area contributed by atoms with Gasteiger partial charge in [0.15, 0.2) is 9.84 Å². The molecule has 7 heteroatoms. The Morgan fingerprint density at radius 3 is 2.47 bits per heavy atom. The van der Waals surface area contributed by atoms with Gasteiger partial charge in [0.05, 0.1) is 15.6 Å². The third-order valence-corrected chi connectivity index (χ3v) is 6.91. The number of aromatic nitrogens is 1. The Morgan fingerprint density at radius 1 is 0.941 bits per heavy atom. The van der Waals surface area contributed by atoms with Crippen molar-refractivity contribution < 1.29 is 13.2 Å². The molecule has 0 aliphatic carbocycles. The quantitative estimate of drug-likeness (QED) is 0.344. The lowest BCUT2D eigenvalue weighted by atomic mass is 9.97. The zero-order valence-corrected chi connectivity index (χ0v) is 20.3. The maximum atomic E-state index is 13.3. The second kappa shape index (κ2) is 9.79. The van der Waals surface area contributed by atoms with Crippen LogP contribution in [0.1, 0.15) is 22.8 Å². The first-order valence-electron chi connectivity index (χ1n) is 10.7. The molecule has 0 saturated heterocycles. The van der Waals surface area contributed by atoms with E-state index in [1.54, 1.807) is 36.5 Å². The van der Waals surface area contributed by atoms with Gasteiger partial charge in [0.1, 0.15) is 0 Å². The van der Waals surface area contributed by atoms with E-state index < -0.39 is 9.84 Å². The summed E-state index contributed by atoms with van der Waals surface area (Å²) in [6.07, 6.45) is 3.65. The van der Waals surface area contributed by atoms with E-state index in [2.05, 4.69) is 10.3 Å². The third-order valence-electron chi connectivity index (χ3n) is 5.48. The number of anilines is 1. The highest BCUT2D eigenvalue weighted by molar-refractivity contribution is 7.90. The highest BCUT2D eigenvalue weighted by Gasteiger charge is 2.18. The van der Waals surface area contributed by atoms with Gasteiger partial charge in [-0.25, -0.2) is 8.42 Å². The van der Waals surface area contributed by atoms with E-state index in [-0.39, 0.29) is 10.8 Å². The summed E-state index contributed by atoms with van der Waals surface area (Å²) in [5, 5.41) is 3.44. The van der Waals surface area contributed by atoms with E-state index >= 15 is 0 Å². The number of sulfone groups is 1. The summed E-state index contributed by atoms with van der Waals surface area (Å²) in [6.45, 7) is 2.04. The summed E-state index contributed by atoms with van der Waals surface area (Å²) in [4.78, 5) is 17.8. The first kappa shape index (κ1) is 23.7. The van der Waals surface area contributed by atoms with E-state index in [0.29, 0.717) is 33.1 Å². The molecule has 0 atom stereocenters. The normalized spacial score (nSPS) is 11.3. The summed E-state index contributed by atoms with van der Waals surface area (Å²) in [7, 11) is -3.44. The Balaban J connectivity index is 1.75. The van der Waals surface area contributed by atoms with Crippen LogP contribution in [0.15, 0.2) is 90.0 Å². The van der Waals surface area contributed by atoms with E-state index in [1.807, 2.05) is 49.4 Å². The number of amides is 1. The van der Waals surface area contributed by atoms with Gasteiger partial charge in [-0.2, -0.15) is 0 Å². The topological polar surface area (TPSA) is 76.1 Å². The SMILES string of the molecule is CCc1cccc(-c2cc(S(C)(=O)=O)ccc2C(=O)Nc2ccc(Cl)c(-c3ccccn3)c2)c1. The van der Waals surface area contributed by atoms with Crippen molar-refractivity contribution in [3.8, 4) is 22.4 Å². The molecule has 0 radical (unpaired) electrons. The van der Waals surface area contributed by atoms with E-state index in [0.717, 1.165) is 23.8 Å². The number of carbonyl (C=O) groups is 1. The molecule has 0 aliphatic heterocycles. The van der Waals surface area contributed by atoms with E-state index in [4.69, 9.17) is 11.6 Å². The van der Waals surface area contributed by atoms with Crippen molar-refractivity contribution in [1.29, 1.82) is 0 Å². The van der Waals surface area contributed by atoms with Crippen LogP contribution in [-0.4, -0.2) is 25.6 Å². The largest absolute Gasteiger partial charge is 0.322 e. The van der Waals surface area contributed by atoms with Gasteiger partial charge >= 0.3 is 0 Å². The maximum absolute atomic E-state index is 13.3. The van der Waals surface area contributed by atoms with Crippen LogP contribution in [0.4, 0.5) is 5.69 Å². The molecule has 34 heavy (non-hydrogen) atoms. The first-order valence-corrected chi connectivity index (χ1v) is 13.0. The predicted octanol–water partition coefficient (Wildman–Crippen LogP) is 6.29. The maximum Gasteiger partial charge on any atom is 0.256 e. The smallest absolute Gasteiger partial charge is 0.256 e. The Labute approximate surface area is 204 Å². The van der Waals surface area contributed by atoms with Crippen LogP contribution in [0.25, 0.3) is 22.4 Å². The van der Waals surface area contributed by atoms with Crippen molar-refractivity contribution in [1.82, 2.24) is 4.98 Å². The summed E-state index contributed by atoms with van der Waals surface area (Å²) in [5.74, 6) is -0.355. The number of pyridine rings is 1. The molecule has 5 nitrogen and oxygen atoms in total. The molecule has 0 spiro atoms. The Kier molecular flexibility index (Phi) is 6.82. The molecule has 172 valence electrons. The molecule has 0 fully saturated rings. The zero-order valence-electron chi connectivity index (χ0n) is 18.7. The molecule has 4 aromatic rings. The van der Waals surface area contributed by atoms with Gasteiger partial charge in [0.25, 0.3) is 5.91 Å². The van der Waals surface area contributed by atoms with Crippen molar-refractivity contribution in [2.75, 3.05) is 11.6 Å². The zero-order chi connectivity index (χ0) is 24.3.